The van der Waals surface area contributed by atoms with Crippen molar-refractivity contribution >= 4 is 7.26 Å². The summed E-state index contributed by atoms with van der Waals surface area (Å²) in [7, 11) is -1.47. The van der Waals surface area contributed by atoms with E-state index in [9.17, 15) is 0 Å². The molecule has 0 amide bonds. The van der Waals surface area contributed by atoms with Crippen LogP contribution in [0, 0.1) is 0 Å². The standard InChI is InChI=1S/C22H25P/c1-23(17-20-11-5-2-6-12-20,18-21-13-7-3-8-14-21)19-22-15-9-4-10-16-22/h2-16,23H,17-19H2,1H3. The maximum atomic E-state index is 2.56. The molecule has 0 aliphatic heterocycles. The quantitative estimate of drug-likeness (QED) is 0.491. The molecule has 118 valence electrons. The minimum atomic E-state index is -1.47. The van der Waals surface area contributed by atoms with Crippen molar-refractivity contribution < 1.29 is 0 Å². The van der Waals surface area contributed by atoms with Crippen molar-refractivity contribution in [2.24, 2.45) is 0 Å². The first-order chi connectivity index (χ1) is 11.2. The van der Waals surface area contributed by atoms with E-state index in [1.807, 2.05) is 0 Å². The first-order valence-corrected chi connectivity index (χ1v) is 11.5. The first kappa shape index (κ1) is 16.0. The molecule has 0 bridgehead atoms. The number of hydrogen-bond acceptors (Lipinski definition) is 0. The van der Waals surface area contributed by atoms with E-state index in [4.69, 9.17) is 0 Å². The molecule has 0 spiro atoms. The molecule has 0 aliphatic carbocycles. The van der Waals surface area contributed by atoms with E-state index in [0.717, 1.165) is 0 Å². The van der Waals surface area contributed by atoms with Gasteiger partial charge in [-0.25, -0.2) is 0 Å². The summed E-state index contributed by atoms with van der Waals surface area (Å²) < 4.78 is 0. The van der Waals surface area contributed by atoms with E-state index in [1.54, 1.807) is 0 Å². The van der Waals surface area contributed by atoms with Crippen LogP contribution in [0.15, 0.2) is 91.0 Å². The molecule has 0 radical (unpaired) electrons. The predicted octanol–water partition coefficient (Wildman–Crippen LogP) is 5.97. The summed E-state index contributed by atoms with van der Waals surface area (Å²) in [5, 5.41) is 0. The molecule has 0 aromatic heterocycles. The molecule has 3 rings (SSSR count). The summed E-state index contributed by atoms with van der Waals surface area (Å²) in [5.41, 5.74) is 4.44. The summed E-state index contributed by atoms with van der Waals surface area (Å²) in [6, 6.07) is 33.0. The second kappa shape index (κ2) is 7.57. The van der Waals surface area contributed by atoms with Crippen LogP contribution in [0.4, 0.5) is 0 Å². The maximum absolute atomic E-state index is 2.56. The molecule has 1 heteroatoms. The van der Waals surface area contributed by atoms with E-state index in [1.165, 1.54) is 35.2 Å². The Morgan fingerprint density at radius 3 is 1.00 bits per heavy atom. The average molecular weight is 320 g/mol. The second-order valence-electron chi connectivity index (χ2n) is 6.80. The van der Waals surface area contributed by atoms with Crippen LogP contribution < -0.4 is 0 Å². The molecule has 3 aromatic carbocycles. The summed E-state index contributed by atoms with van der Waals surface area (Å²) in [5.74, 6) is 0. The van der Waals surface area contributed by atoms with E-state index in [0.29, 0.717) is 0 Å². The summed E-state index contributed by atoms with van der Waals surface area (Å²) >= 11 is 0. The minimum absolute atomic E-state index is 1.23. The molecule has 0 aliphatic rings. The Labute approximate surface area is 140 Å². The fraction of sp³-hybridized carbons (Fsp3) is 0.182. The van der Waals surface area contributed by atoms with Gasteiger partial charge in [0.2, 0.25) is 0 Å². The Balaban J connectivity index is 1.85. The Kier molecular flexibility index (Phi) is 5.26. The SMILES string of the molecule is C[PH](Cc1ccccc1)(Cc1ccccc1)Cc1ccccc1. The Bertz CT molecular complexity index is 603. The zero-order valence-corrected chi connectivity index (χ0v) is 14.8. The van der Waals surface area contributed by atoms with Crippen molar-refractivity contribution in [3.05, 3.63) is 108 Å². The van der Waals surface area contributed by atoms with Crippen LogP contribution in [0.1, 0.15) is 16.7 Å². The van der Waals surface area contributed by atoms with Gasteiger partial charge in [0.05, 0.1) is 0 Å². The first-order valence-electron chi connectivity index (χ1n) is 8.35. The van der Waals surface area contributed by atoms with Gasteiger partial charge in [-0.1, -0.05) is 0 Å². The average Bonchev–Trinajstić information content (AvgIpc) is 2.57. The van der Waals surface area contributed by atoms with Crippen molar-refractivity contribution in [1.82, 2.24) is 0 Å². The molecule has 3 aromatic rings. The van der Waals surface area contributed by atoms with Gasteiger partial charge in [0.1, 0.15) is 0 Å². The molecular weight excluding hydrogens is 295 g/mol. The van der Waals surface area contributed by atoms with Gasteiger partial charge < -0.3 is 0 Å². The summed E-state index contributed by atoms with van der Waals surface area (Å²) in [6.07, 6.45) is 3.70. The van der Waals surface area contributed by atoms with E-state index in [2.05, 4.69) is 97.7 Å². The van der Waals surface area contributed by atoms with Gasteiger partial charge in [0.15, 0.2) is 0 Å². The van der Waals surface area contributed by atoms with Crippen LogP contribution in [0.2, 0.25) is 0 Å². The normalized spacial score (nSPS) is 12.0. The van der Waals surface area contributed by atoms with Gasteiger partial charge in [-0.15, -0.1) is 0 Å². The zero-order valence-electron chi connectivity index (χ0n) is 13.8. The van der Waals surface area contributed by atoms with Crippen LogP contribution in [-0.2, 0) is 18.5 Å². The van der Waals surface area contributed by atoms with Crippen LogP contribution in [0.5, 0.6) is 0 Å². The van der Waals surface area contributed by atoms with E-state index in [-0.39, 0.29) is 0 Å². The summed E-state index contributed by atoms with van der Waals surface area (Å²) in [6.45, 7) is 2.56. The van der Waals surface area contributed by atoms with Crippen molar-refractivity contribution in [1.29, 1.82) is 0 Å². The van der Waals surface area contributed by atoms with Crippen LogP contribution >= 0.6 is 7.26 Å². The molecule has 23 heavy (non-hydrogen) atoms. The number of rotatable bonds is 6. The topological polar surface area (TPSA) is 0 Å². The van der Waals surface area contributed by atoms with Crippen LogP contribution in [0.25, 0.3) is 0 Å². The zero-order chi connectivity index (χ0) is 16.0. The van der Waals surface area contributed by atoms with Gasteiger partial charge >= 0.3 is 140 Å². The third-order valence-corrected chi connectivity index (χ3v) is 8.21. The second-order valence-corrected chi connectivity index (χ2v) is 11.5. The predicted molar refractivity (Wildman–Crippen MR) is 105 cm³/mol. The Morgan fingerprint density at radius 1 is 0.478 bits per heavy atom. The molecular formula is C22H25P. The van der Waals surface area contributed by atoms with Crippen molar-refractivity contribution in [2.75, 3.05) is 6.66 Å². The van der Waals surface area contributed by atoms with Crippen molar-refractivity contribution in [3.8, 4) is 0 Å². The molecule has 0 saturated carbocycles. The third kappa shape index (κ3) is 4.78. The van der Waals surface area contributed by atoms with E-state index < -0.39 is 7.26 Å². The van der Waals surface area contributed by atoms with Gasteiger partial charge in [0, 0.05) is 0 Å². The molecule has 0 atom stereocenters. The third-order valence-electron chi connectivity index (χ3n) is 4.42. The number of hydrogen-bond donors (Lipinski definition) is 0. The fourth-order valence-electron chi connectivity index (χ4n) is 3.45. The van der Waals surface area contributed by atoms with Crippen LogP contribution in [0.3, 0.4) is 0 Å². The van der Waals surface area contributed by atoms with Crippen LogP contribution in [-0.4, -0.2) is 6.66 Å². The molecule has 0 fully saturated rings. The molecule has 0 nitrogen and oxygen atoms in total. The number of benzene rings is 3. The van der Waals surface area contributed by atoms with E-state index >= 15 is 0 Å². The molecule has 0 saturated heterocycles. The van der Waals surface area contributed by atoms with Gasteiger partial charge in [-0.2, -0.15) is 0 Å². The molecule has 0 unspecified atom stereocenters. The summed E-state index contributed by atoms with van der Waals surface area (Å²) in [4.78, 5) is 0. The van der Waals surface area contributed by atoms with Crippen molar-refractivity contribution in [2.45, 2.75) is 18.5 Å². The monoisotopic (exact) mass is 320 g/mol. The Morgan fingerprint density at radius 2 is 0.739 bits per heavy atom. The Hall–Kier alpha value is -1.91. The molecule has 0 heterocycles. The van der Waals surface area contributed by atoms with Gasteiger partial charge in [-0.3, -0.25) is 0 Å². The van der Waals surface area contributed by atoms with Gasteiger partial charge in [0.25, 0.3) is 0 Å². The molecule has 0 N–H and O–H groups in total. The van der Waals surface area contributed by atoms with Gasteiger partial charge in [-0.05, 0) is 0 Å². The van der Waals surface area contributed by atoms with Crippen molar-refractivity contribution in [3.63, 3.8) is 0 Å². The fourth-order valence-corrected chi connectivity index (χ4v) is 7.49.